The normalized spacial score (nSPS) is 14.3. The van der Waals surface area contributed by atoms with Crippen LogP contribution in [-0.4, -0.2) is 108 Å². The number of rotatable bonds is 17. The van der Waals surface area contributed by atoms with Crippen molar-refractivity contribution < 1.29 is 33.4 Å². The molecule has 8 rings (SSSR count). The van der Waals surface area contributed by atoms with E-state index >= 15 is 0 Å². The molecule has 356 valence electrons. The zero-order valence-electron chi connectivity index (χ0n) is 38.8. The van der Waals surface area contributed by atoms with Crippen LogP contribution in [0.25, 0.3) is 22.2 Å². The molecule has 1 unspecified atom stereocenters. The number of hydrogen-bond donors (Lipinski definition) is 5. The lowest BCUT2D eigenvalue weighted by Crippen LogP contribution is -2.52. The number of nitrogens with zero attached hydrogens (tertiary/aromatic N) is 6. The molecule has 4 aromatic carbocycles. The van der Waals surface area contributed by atoms with Crippen LogP contribution >= 0.6 is 11.6 Å². The molecule has 6 amide bonds. The van der Waals surface area contributed by atoms with Crippen molar-refractivity contribution in [1.29, 1.82) is 0 Å². The maximum absolute atomic E-state index is 13.8. The van der Waals surface area contributed by atoms with Gasteiger partial charge in [-0.2, -0.15) is 0 Å². The van der Waals surface area contributed by atoms with Gasteiger partial charge in [-0.05, 0) is 68.0 Å². The third kappa shape index (κ3) is 10.9. The summed E-state index contributed by atoms with van der Waals surface area (Å²) in [5.41, 5.74) is 6.82. The lowest BCUT2D eigenvalue weighted by atomic mass is 10.0. The van der Waals surface area contributed by atoms with Gasteiger partial charge in [0.2, 0.25) is 17.8 Å². The lowest BCUT2D eigenvalue weighted by molar-refractivity contribution is -0.137. The fraction of sp³-hybridized carbons (Fsp3) is 0.260. The van der Waals surface area contributed by atoms with Gasteiger partial charge in [0, 0.05) is 110 Å². The molecule has 1 atom stereocenters. The number of fused-ring (bicyclic) bond motifs is 2. The van der Waals surface area contributed by atoms with Crippen LogP contribution in [-0.2, 0) is 34.5 Å². The summed E-state index contributed by atoms with van der Waals surface area (Å²) in [5, 5.41) is 15.5. The zero-order chi connectivity index (χ0) is 48.9. The molecule has 2 aliphatic rings. The highest BCUT2D eigenvalue weighted by Gasteiger charge is 2.39. The number of hydrogen-bond acceptors (Lipinski definition) is 12. The van der Waals surface area contributed by atoms with Crippen molar-refractivity contribution in [2.24, 2.45) is 7.05 Å². The summed E-state index contributed by atoms with van der Waals surface area (Å²) < 4.78 is 13.9. The number of benzene rings is 4. The van der Waals surface area contributed by atoms with E-state index in [1.807, 2.05) is 69.6 Å². The highest BCUT2D eigenvalue weighted by Crippen LogP contribution is 2.39. The van der Waals surface area contributed by atoms with Crippen molar-refractivity contribution in [2.75, 3.05) is 68.8 Å². The molecule has 4 heterocycles. The van der Waals surface area contributed by atoms with Gasteiger partial charge in [0.1, 0.15) is 24.1 Å². The number of aromatic nitrogens is 3. The molecule has 18 nitrogen and oxygen atoms in total. The Kier molecular flexibility index (Phi) is 14.1. The number of carbonyl (C=O) groups is 5. The smallest absolute Gasteiger partial charge is 0.319 e. The third-order valence-electron chi connectivity index (χ3n) is 11.8. The number of carbonyl (C=O) groups excluding carboxylic acids is 5. The summed E-state index contributed by atoms with van der Waals surface area (Å²) in [6.07, 6.45) is 4.16. The average Bonchev–Trinajstić information content (AvgIpc) is 3.84. The van der Waals surface area contributed by atoms with Crippen LogP contribution in [0, 0.1) is 0 Å². The Morgan fingerprint density at radius 3 is 2.55 bits per heavy atom. The van der Waals surface area contributed by atoms with E-state index in [0.29, 0.717) is 46.6 Å². The summed E-state index contributed by atoms with van der Waals surface area (Å²) in [6.45, 7) is 5.53. The van der Waals surface area contributed by atoms with E-state index in [-0.39, 0.29) is 60.7 Å². The number of para-hydroxylation sites is 1. The molecule has 1 saturated heterocycles. The molecular weight excluding hydrogens is 902 g/mol. The molecule has 0 saturated carbocycles. The second-order valence-corrected chi connectivity index (χ2v) is 17.5. The van der Waals surface area contributed by atoms with E-state index in [0.717, 1.165) is 39.8 Å². The Morgan fingerprint density at radius 2 is 1.77 bits per heavy atom. The number of amides is 6. The van der Waals surface area contributed by atoms with Crippen molar-refractivity contribution in [3.8, 4) is 22.8 Å². The first-order valence-electron chi connectivity index (χ1n) is 22.1. The number of nitrogens with one attached hydrogen (secondary N) is 5. The molecule has 69 heavy (non-hydrogen) atoms. The van der Waals surface area contributed by atoms with Crippen molar-refractivity contribution in [3.63, 3.8) is 0 Å². The van der Waals surface area contributed by atoms with Crippen LogP contribution < -0.4 is 41.0 Å². The summed E-state index contributed by atoms with van der Waals surface area (Å²) in [7, 11) is 9.46. The Balaban J connectivity index is 0.908. The number of ether oxygens (including phenoxy) is 2. The van der Waals surface area contributed by atoms with Crippen molar-refractivity contribution >= 4 is 80.9 Å². The van der Waals surface area contributed by atoms with Crippen molar-refractivity contribution in [1.82, 2.24) is 35.0 Å². The maximum Gasteiger partial charge on any atom is 0.319 e. The van der Waals surface area contributed by atoms with Gasteiger partial charge in [-0.3, -0.25) is 24.5 Å². The van der Waals surface area contributed by atoms with E-state index in [1.54, 1.807) is 49.7 Å². The fourth-order valence-corrected chi connectivity index (χ4v) is 8.44. The molecular formula is C50H52ClN11O7. The number of imide groups is 1. The molecule has 0 radical (unpaired) electrons. The van der Waals surface area contributed by atoms with E-state index in [9.17, 15) is 24.0 Å². The quantitative estimate of drug-likeness (QED) is 0.0479. The van der Waals surface area contributed by atoms with Gasteiger partial charge in [-0.15, -0.1) is 0 Å². The van der Waals surface area contributed by atoms with Gasteiger partial charge in [0.05, 0.1) is 29.9 Å². The Bertz CT molecular complexity index is 3010. The largest absolute Gasteiger partial charge is 0.494 e. The molecule has 2 aliphatic heterocycles. The Hall–Kier alpha value is -7.96. The van der Waals surface area contributed by atoms with Crippen LogP contribution in [0.5, 0.6) is 11.5 Å². The lowest BCUT2D eigenvalue weighted by Gasteiger charge is -2.29. The summed E-state index contributed by atoms with van der Waals surface area (Å²) in [4.78, 5) is 78.9. The van der Waals surface area contributed by atoms with Gasteiger partial charge in [-0.1, -0.05) is 48.5 Å². The fourth-order valence-electron chi connectivity index (χ4n) is 8.22. The number of likely N-dealkylation sites (N-methyl/N-ethyl adjacent to an activating group) is 2. The van der Waals surface area contributed by atoms with Gasteiger partial charge in [0.15, 0.2) is 0 Å². The predicted octanol–water partition coefficient (Wildman–Crippen LogP) is 6.70. The van der Waals surface area contributed by atoms with E-state index < -0.39 is 23.9 Å². The second kappa shape index (κ2) is 20.5. The first-order chi connectivity index (χ1) is 33.1. The van der Waals surface area contributed by atoms with Crippen LogP contribution in [0.3, 0.4) is 0 Å². The van der Waals surface area contributed by atoms with Gasteiger partial charge < -0.3 is 50.0 Å². The zero-order valence-corrected chi connectivity index (χ0v) is 39.6. The molecule has 0 bridgehead atoms. The molecule has 5 N–H and O–H groups in total. The highest BCUT2D eigenvalue weighted by atomic mass is 35.5. The first-order valence-corrected chi connectivity index (χ1v) is 22.5. The SMILES string of the molecule is C=C(COc1cc(Cl)cc(NC(=O)NCc2ccc3c(c2)CN(C2CCC(=O)NC2=O)C3=O)c1)C(=O)Nc1cc(Nc2nccc(-c3cn(C)c4ccccc34)n2)c(OC)cc1N(C)CCN(C)C. The Morgan fingerprint density at radius 1 is 0.957 bits per heavy atom. The summed E-state index contributed by atoms with van der Waals surface area (Å²) >= 11 is 6.43. The second-order valence-electron chi connectivity index (χ2n) is 17.1. The minimum absolute atomic E-state index is 0.108. The molecule has 2 aromatic heterocycles. The van der Waals surface area contributed by atoms with Gasteiger partial charge in [0.25, 0.3) is 11.8 Å². The monoisotopic (exact) mass is 953 g/mol. The highest BCUT2D eigenvalue weighted by molar-refractivity contribution is 6.31. The summed E-state index contributed by atoms with van der Waals surface area (Å²) in [5.74, 6) is -0.501. The molecule has 0 spiro atoms. The minimum atomic E-state index is -0.722. The predicted molar refractivity (Wildman–Crippen MR) is 265 cm³/mol. The average molecular weight is 954 g/mol. The van der Waals surface area contributed by atoms with E-state index in [1.165, 1.54) is 4.90 Å². The molecule has 6 aromatic rings. The molecule has 1 fully saturated rings. The van der Waals surface area contributed by atoms with Gasteiger partial charge >= 0.3 is 6.03 Å². The van der Waals surface area contributed by atoms with Crippen molar-refractivity contribution in [2.45, 2.75) is 32.0 Å². The number of aryl methyl sites for hydroxylation is 1. The van der Waals surface area contributed by atoms with Crippen molar-refractivity contribution in [3.05, 3.63) is 125 Å². The molecule has 0 aliphatic carbocycles. The number of anilines is 5. The van der Waals surface area contributed by atoms with Crippen LogP contribution in [0.4, 0.5) is 33.5 Å². The van der Waals surface area contributed by atoms with E-state index in [2.05, 4.69) is 59.7 Å². The van der Waals surface area contributed by atoms with Crippen LogP contribution in [0.15, 0.2) is 103 Å². The Labute approximate surface area is 403 Å². The number of urea groups is 1. The van der Waals surface area contributed by atoms with Gasteiger partial charge in [-0.25, -0.2) is 14.8 Å². The number of piperidine rings is 1. The summed E-state index contributed by atoms with van der Waals surface area (Å²) in [6, 6.07) is 22.2. The molecule has 19 heteroatoms. The van der Waals surface area contributed by atoms with Crippen LogP contribution in [0.1, 0.15) is 34.3 Å². The first kappa shape index (κ1) is 47.5. The van der Waals surface area contributed by atoms with Crippen LogP contribution in [0.2, 0.25) is 5.02 Å². The van der Waals surface area contributed by atoms with E-state index in [4.69, 9.17) is 26.1 Å². The number of methoxy groups -OCH3 is 1. The minimum Gasteiger partial charge on any atom is -0.494 e. The number of halogens is 1. The standard InChI is InChI=1S/C50H52ClN11O7/c1-29(28-69-34-21-32(51)20-33(22-34)54-50(67)53-25-30-11-12-35-31(19-30)26-62(48(35)66)42-13-14-45(63)58-47(42)65)46(64)55-39-23-40(44(68-6)24-43(39)60(4)18-17-59(2)3)57-49-52-16-15-38(56-49)37-27-61(5)41-10-8-7-9-36(37)41/h7-12,15-16,19-24,27,42H,1,13-14,17-18,25-26,28H2,2-6H3,(H,55,64)(H,52,56,57)(H2,53,54,67)(H,58,63,65). The maximum atomic E-state index is 13.8. The topological polar surface area (TPSA) is 204 Å². The third-order valence-corrected chi connectivity index (χ3v) is 12.1.